The number of benzene rings is 3. The van der Waals surface area contributed by atoms with E-state index in [0.717, 1.165) is 31.8 Å². The molecule has 0 saturated heterocycles. The van der Waals surface area contributed by atoms with E-state index in [4.69, 9.17) is 19.9 Å². The van der Waals surface area contributed by atoms with Gasteiger partial charge in [0.2, 0.25) is 11.6 Å². The van der Waals surface area contributed by atoms with Crippen molar-refractivity contribution >= 4 is 54.6 Å². The standard InChI is InChI=1S/C52H64N3O8P.F6P/c1-35-31-42-47(54-29-18-7-8-19-30-64(39-22-12-9-13-23-39,40-24-14-10-15-25-40)41-26-16-11-17-27-41)44(56)34-43(49(42)58)55-51(59)36(2)21-20-28-45(61-5)50(63-52(53)60)38(4)33-37(3)48(57)46(32-35)62-6;1-7(2,3,4,5)6/h9-17,20-28,33-35,37,45-46,48,50,57H,7-8,18-19,29-32H2,1-6H3,(H3-,53,54,55,56,58,59,60);/q;-1/p+1/t35-,37+,45+,46?,48-,50+;/m1./s1. The summed E-state index contributed by atoms with van der Waals surface area (Å²) in [5.41, 5.74) is 6.67. The first-order chi connectivity index (χ1) is 33.2. The van der Waals surface area contributed by atoms with Crippen LogP contribution in [-0.2, 0) is 28.6 Å². The van der Waals surface area contributed by atoms with E-state index >= 15 is 0 Å². The molecule has 388 valence electrons. The first-order valence-electron chi connectivity index (χ1n) is 23.2. The number of unbranched alkanes of at least 4 members (excludes halogenated alkanes) is 3. The Morgan fingerprint density at radius 2 is 1.34 bits per heavy atom. The van der Waals surface area contributed by atoms with E-state index in [1.54, 1.807) is 32.1 Å². The summed E-state index contributed by atoms with van der Waals surface area (Å²) in [6.07, 6.45) is 8.61. The van der Waals surface area contributed by atoms with E-state index in [1.807, 2.05) is 13.8 Å². The fourth-order valence-electron chi connectivity index (χ4n) is 8.70. The summed E-state index contributed by atoms with van der Waals surface area (Å²) >= 11 is 0. The summed E-state index contributed by atoms with van der Waals surface area (Å²) in [6, 6.07) is 32.6. The molecule has 6 atom stereocenters. The maximum absolute atomic E-state index is 14.2. The Kier molecular flexibility index (Phi) is 20.3. The van der Waals surface area contributed by atoms with Gasteiger partial charge < -0.3 is 35.7 Å². The number of methoxy groups -OCH3 is 2. The number of primary amides is 1. The molecule has 1 heterocycles. The van der Waals surface area contributed by atoms with E-state index < -0.39 is 69.0 Å². The van der Waals surface area contributed by atoms with Gasteiger partial charge in [0, 0.05) is 43.9 Å². The number of aliphatic hydroxyl groups is 1. The van der Waals surface area contributed by atoms with Gasteiger partial charge in [-0.2, -0.15) is 0 Å². The predicted molar refractivity (Wildman–Crippen MR) is 270 cm³/mol. The van der Waals surface area contributed by atoms with Crippen molar-refractivity contribution in [2.45, 2.75) is 90.6 Å². The molecule has 71 heavy (non-hydrogen) atoms. The topological polar surface area (TPSA) is 166 Å². The Hall–Kier alpha value is -5.44. The number of nitrogens with one attached hydrogen (secondary N) is 2. The number of ether oxygens (including phenoxy) is 3. The van der Waals surface area contributed by atoms with Crippen LogP contribution >= 0.6 is 15.1 Å². The minimum absolute atomic E-state index is 0.110. The normalized spacial score (nSPS) is 22.9. The molecule has 0 spiro atoms. The summed E-state index contributed by atoms with van der Waals surface area (Å²) < 4.78 is 76.1. The number of hydrogen-bond donors (Lipinski definition) is 4. The number of allylic oxidation sites excluding steroid dienone is 4. The van der Waals surface area contributed by atoms with E-state index in [1.165, 1.54) is 42.3 Å². The van der Waals surface area contributed by atoms with Gasteiger partial charge in [0.15, 0.2) is 6.10 Å². The molecule has 11 nitrogen and oxygen atoms in total. The first-order valence-corrected chi connectivity index (χ1v) is 27.2. The van der Waals surface area contributed by atoms with Crippen LogP contribution in [0.25, 0.3) is 0 Å². The van der Waals surface area contributed by atoms with Gasteiger partial charge in [-0.1, -0.05) is 99.2 Å². The van der Waals surface area contributed by atoms with Gasteiger partial charge in [0.1, 0.15) is 29.3 Å². The number of Topliss-reactive ketones (excluding diaryl/α,β-unsaturated/α-hetero) is 1. The fraction of sp³-hybridized carbons (Fsp3) is 0.385. The number of fused-ring (bicyclic) bond motifs is 2. The van der Waals surface area contributed by atoms with Crippen LogP contribution in [0.2, 0.25) is 0 Å². The molecule has 5 rings (SSSR count). The second-order valence-electron chi connectivity index (χ2n) is 17.8. The average Bonchev–Trinajstić information content (AvgIpc) is 3.31. The molecule has 0 aromatic heterocycles. The van der Waals surface area contributed by atoms with Crippen LogP contribution in [0.1, 0.15) is 66.2 Å². The van der Waals surface area contributed by atoms with Crippen LogP contribution in [0.3, 0.4) is 0 Å². The third-order valence-corrected chi connectivity index (χ3v) is 16.6. The number of ketones is 2. The predicted octanol–water partition coefficient (Wildman–Crippen LogP) is 10.3. The van der Waals surface area contributed by atoms with Gasteiger partial charge in [-0.15, -0.1) is 0 Å². The van der Waals surface area contributed by atoms with Crippen molar-refractivity contribution in [1.29, 1.82) is 0 Å². The van der Waals surface area contributed by atoms with Gasteiger partial charge in [-0.3, -0.25) is 14.4 Å². The molecule has 0 fully saturated rings. The molecule has 5 N–H and O–H groups in total. The number of amides is 2. The summed E-state index contributed by atoms with van der Waals surface area (Å²) in [5, 5.41) is 21.6. The first kappa shape index (κ1) is 58.1. The van der Waals surface area contributed by atoms with Crippen LogP contribution in [0, 0.1) is 11.8 Å². The Balaban J connectivity index is 0.00000145. The zero-order valence-corrected chi connectivity index (χ0v) is 42.5. The number of rotatable bonds is 14. The molecule has 0 radical (unpaired) electrons. The summed E-state index contributed by atoms with van der Waals surface area (Å²) in [5.74, 6) is -2.09. The molecule has 2 amide bonds. The number of aliphatic hydroxyl groups excluding tert-OH is 1. The number of carbonyl (C=O) groups excluding carboxylic acids is 4. The Morgan fingerprint density at radius 3 is 1.83 bits per heavy atom. The molecule has 3 aromatic rings. The molecule has 2 bridgehead atoms. The van der Waals surface area contributed by atoms with Crippen molar-refractivity contribution < 1.29 is 63.7 Å². The van der Waals surface area contributed by atoms with Crippen LogP contribution < -0.4 is 32.3 Å². The van der Waals surface area contributed by atoms with Crippen LogP contribution in [0.15, 0.2) is 149 Å². The number of halogens is 6. The van der Waals surface area contributed by atoms with Gasteiger partial charge >= 0.3 is 39.1 Å². The molecule has 1 aliphatic heterocycles. The van der Waals surface area contributed by atoms with E-state index in [2.05, 4.69) is 102 Å². The van der Waals surface area contributed by atoms with E-state index in [9.17, 15) is 49.5 Å². The van der Waals surface area contributed by atoms with Gasteiger partial charge in [0.05, 0.1) is 29.8 Å². The second-order valence-corrected chi connectivity index (χ2v) is 23.3. The number of hydrogen-bond acceptors (Lipinski definition) is 9. The van der Waals surface area contributed by atoms with Crippen molar-refractivity contribution in [3.8, 4) is 0 Å². The number of carbonyl (C=O) groups is 4. The van der Waals surface area contributed by atoms with Gasteiger partial charge in [-0.05, 0) is 93.8 Å². The second kappa shape index (κ2) is 24.8. The van der Waals surface area contributed by atoms with Gasteiger partial charge in [0.25, 0.3) is 5.91 Å². The summed E-state index contributed by atoms with van der Waals surface area (Å²) in [6.45, 7) is 7.58. The third-order valence-electron chi connectivity index (χ3n) is 12.1. The molecular formula is C52H65F6N3O8P2. The zero-order chi connectivity index (χ0) is 52.6. The molecule has 3 aromatic carbocycles. The SMILES string of the molecule is COC1C[C@H](C)CC2=C(NCCCCCC[P+](c3ccccc3)(c3ccccc3)c3ccccc3)C(=O)C=C(NC(=O)C(C)=CC=C[C@H](OC)[C@@H](OC(N)=O)C(C)=C[C@H](C)[C@H]1O)C2=O.F[P-](F)(F)(F)(F)F. The van der Waals surface area contributed by atoms with Crippen LogP contribution in [-0.4, -0.2) is 80.0 Å². The monoisotopic (exact) mass is 1040 g/mol. The number of nitrogens with two attached hydrogens (primary N) is 1. The molecule has 19 heteroatoms. The summed E-state index contributed by atoms with van der Waals surface area (Å²) in [4.78, 5) is 53.4. The molecule has 2 aliphatic rings. The third kappa shape index (κ3) is 18.3. The van der Waals surface area contributed by atoms with Crippen molar-refractivity contribution in [2.75, 3.05) is 26.9 Å². The quantitative estimate of drug-likeness (QED) is 0.0404. The fourth-order valence-corrected chi connectivity index (χ4v) is 13.1. The van der Waals surface area contributed by atoms with Crippen molar-refractivity contribution in [3.05, 3.63) is 149 Å². The van der Waals surface area contributed by atoms with Gasteiger partial charge in [-0.25, -0.2) is 4.79 Å². The average molecular weight is 1040 g/mol. The Labute approximate surface area is 412 Å². The zero-order valence-electron chi connectivity index (χ0n) is 40.7. The maximum atomic E-state index is 14.2. The van der Waals surface area contributed by atoms with Crippen molar-refractivity contribution in [2.24, 2.45) is 17.6 Å². The summed E-state index contributed by atoms with van der Waals surface area (Å²) in [7, 11) is -9.63. The van der Waals surface area contributed by atoms with E-state index in [-0.39, 0.29) is 34.9 Å². The van der Waals surface area contributed by atoms with Crippen LogP contribution in [0.5, 0.6) is 0 Å². The molecule has 0 saturated carbocycles. The molecular weight excluding hydrogens is 971 g/mol. The van der Waals surface area contributed by atoms with Crippen molar-refractivity contribution in [3.63, 3.8) is 0 Å². The minimum atomic E-state index is -10.7. The van der Waals surface area contributed by atoms with E-state index in [0.29, 0.717) is 18.5 Å². The van der Waals surface area contributed by atoms with Crippen molar-refractivity contribution in [1.82, 2.24) is 10.6 Å². The molecule has 1 aliphatic carbocycles. The Bertz CT molecular complexity index is 2360. The van der Waals surface area contributed by atoms with Crippen LogP contribution in [0.4, 0.5) is 30.0 Å². The Morgan fingerprint density at radius 1 is 0.817 bits per heavy atom. The molecule has 1 unspecified atom stereocenters.